The molecule has 0 radical (unpaired) electrons. The third-order valence-electron chi connectivity index (χ3n) is 5.82. The maximum absolute atomic E-state index is 12.8. The number of rotatable bonds is 6. The summed E-state index contributed by atoms with van der Waals surface area (Å²) in [6, 6.07) is 24.4. The molecular weight excluding hydrogens is 466 g/mol. The molecule has 0 spiro atoms. The number of ether oxygens (including phenoxy) is 1. The van der Waals surface area contributed by atoms with Gasteiger partial charge in [0.2, 0.25) is 10.0 Å². The zero-order valence-electron chi connectivity index (χ0n) is 18.8. The van der Waals surface area contributed by atoms with E-state index in [1.807, 2.05) is 83.7 Å². The van der Waals surface area contributed by atoms with Crippen molar-refractivity contribution in [1.29, 1.82) is 0 Å². The van der Waals surface area contributed by atoms with Crippen molar-refractivity contribution in [3.8, 4) is 22.8 Å². The van der Waals surface area contributed by atoms with E-state index in [9.17, 15) is 8.42 Å². The Labute approximate surface area is 203 Å². The molecule has 1 saturated heterocycles. The van der Waals surface area contributed by atoms with Crippen LogP contribution >= 0.6 is 11.3 Å². The first-order valence-corrected chi connectivity index (χ1v) is 13.5. The van der Waals surface area contributed by atoms with E-state index in [2.05, 4.69) is 0 Å². The van der Waals surface area contributed by atoms with Gasteiger partial charge in [-0.3, -0.25) is 0 Å². The second-order valence-electron chi connectivity index (χ2n) is 8.12. The monoisotopic (exact) mass is 491 g/mol. The van der Waals surface area contributed by atoms with E-state index in [0.29, 0.717) is 18.0 Å². The zero-order valence-corrected chi connectivity index (χ0v) is 20.4. The summed E-state index contributed by atoms with van der Waals surface area (Å²) in [4.78, 5) is 5.96. The van der Waals surface area contributed by atoms with Crippen LogP contribution in [0.1, 0.15) is 12.8 Å². The fourth-order valence-electron chi connectivity index (χ4n) is 3.93. The molecule has 174 valence electrons. The third-order valence-corrected chi connectivity index (χ3v) is 8.65. The van der Waals surface area contributed by atoms with Crippen LogP contribution < -0.4 is 9.54 Å². The van der Waals surface area contributed by atoms with Crippen LogP contribution in [0, 0.1) is 0 Å². The van der Waals surface area contributed by atoms with Gasteiger partial charge in [-0.2, -0.15) is 4.31 Å². The number of nitrogens with zero attached hydrogens (tertiary/aromatic N) is 3. The molecule has 5 rings (SSSR count). The molecule has 8 heteroatoms. The molecule has 0 saturated carbocycles. The molecule has 0 atom stereocenters. The predicted molar refractivity (Wildman–Crippen MR) is 135 cm³/mol. The van der Waals surface area contributed by atoms with Crippen molar-refractivity contribution in [3.63, 3.8) is 0 Å². The Morgan fingerprint density at radius 2 is 1.50 bits per heavy atom. The van der Waals surface area contributed by atoms with Crippen LogP contribution in [0.25, 0.3) is 11.3 Å². The van der Waals surface area contributed by atoms with Gasteiger partial charge in [0.05, 0.1) is 16.3 Å². The van der Waals surface area contributed by atoms with E-state index < -0.39 is 10.0 Å². The van der Waals surface area contributed by atoms with Gasteiger partial charge < -0.3 is 9.30 Å². The molecule has 1 aromatic heterocycles. The van der Waals surface area contributed by atoms with Crippen molar-refractivity contribution in [1.82, 2.24) is 8.87 Å². The highest BCUT2D eigenvalue weighted by Gasteiger charge is 2.27. The van der Waals surface area contributed by atoms with E-state index in [1.54, 1.807) is 27.8 Å². The lowest BCUT2D eigenvalue weighted by Crippen LogP contribution is -2.27. The average molecular weight is 492 g/mol. The number of sulfonamides is 1. The Morgan fingerprint density at radius 3 is 2.18 bits per heavy atom. The van der Waals surface area contributed by atoms with Crippen molar-refractivity contribution >= 4 is 27.0 Å². The summed E-state index contributed by atoms with van der Waals surface area (Å²) < 4.78 is 35.0. The summed E-state index contributed by atoms with van der Waals surface area (Å²) >= 11 is 1.54. The van der Waals surface area contributed by atoms with Gasteiger partial charge in [0.25, 0.3) is 0 Å². The second kappa shape index (κ2) is 9.58. The van der Waals surface area contributed by atoms with Crippen LogP contribution in [0.4, 0.5) is 5.69 Å². The summed E-state index contributed by atoms with van der Waals surface area (Å²) in [5, 5.41) is 2.04. The van der Waals surface area contributed by atoms with Crippen molar-refractivity contribution in [2.24, 2.45) is 12.0 Å². The highest BCUT2D eigenvalue weighted by Crippen LogP contribution is 2.26. The maximum atomic E-state index is 12.8. The van der Waals surface area contributed by atoms with E-state index in [0.717, 1.165) is 46.1 Å². The fourth-order valence-corrected chi connectivity index (χ4v) is 6.37. The third kappa shape index (κ3) is 4.70. The number of thiazole rings is 1. The van der Waals surface area contributed by atoms with Crippen molar-refractivity contribution < 1.29 is 13.2 Å². The molecule has 0 unspecified atom stereocenters. The lowest BCUT2D eigenvalue weighted by molar-refractivity contribution is 0.477. The van der Waals surface area contributed by atoms with E-state index >= 15 is 0 Å². The minimum Gasteiger partial charge on any atom is -0.457 e. The molecule has 0 amide bonds. The minimum atomic E-state index is -3.41. The first-order chi connectivity index (χ1) is 16.5. The van der Waals surface area contributed by atoms with Gasteiger partial charge in [-0.15, -0.1) is 11.3 Å². The average Bonchev–Trinajstić information content (AvgIpc) is 3.53. The van der Waals surface area contributed by atoms with Gasteiger partial charge in [-0.25, -0.2) is 13.4 Å². The van der Waals surface area contributed by atoms with Crippen LogP contribution in [0.5, 0.6) is 11.5 Å². The Bertz CT molecular complexity index is 1430. The van der Waals surface area contributed by atoms with Gasteiger partial charge in [0.15, 0.2) is 4.80 Å². The van der Waals surface area contributed by atoms with E-state index in [1.165, 1.54) is 0 Å². The van der Waals surface area contributed by atoms with Crippen LogP contribution in [0.15, 0.2) is 94.1 Å². The molecule has 2 heterocycles. The molecule has 1 fully saturated rings. The molecule has 1 aliphatic heterocycles. The molecule has 4 aromatic rings. The van der Waals surface area contributed by atoms with Crippen molar-refractivity contribution in [2.75, 3.05) is 13.1 Å². The van der Waals surface area contributed by atoms with Gasteiger partial charge in [-0.05, 0) is 66.9 Å². The molecule has 6 nitrogen and oxygen atoms in total. The molecule has 34 heavy (non-hydrogen) atoms. The van der Waals surface area contributed by atoms with Gasteiger partial charge >= 0.3 is 0 Å². The predicted octanol–water partition coefficient (Wildman–Crippen LogP) is 5.56. The van der Waals surface area contributed by atoms with Gasteiger partial charge in [0, 0.05) is 25.5 Å². The van der Waals surface area contributed by atoms with Crippen LogP contribution in [0.3, 0.4) is 0 Å². The number of hydrogen-bond acceptors (Lipinski definition) is 5. The number of hydrogen-bond donors (Lipinski definition) is 0. The van der Waals surface area contributed by atoms with Crippen molar-refractivity contribution in [2.45, 2.75) is 17.7 Å². The normalized spacial score (nSPS) is 15.0. The number of aromatic nitrogens is 1. The van der Waals surface area contributed by atoms with Crippen LogP contribution in [-0.2, 0) is 17.1 Å². The minimum absolute atomic E-state index is 0.346. The van der Waals surface area contributed by atoms with Crippen molar-refractivity contribution in [3.05, 3.63) is 89.0 Å². The largest absolute Gasteiger partial charge is 0.457 e. The number of benzene rings is 3. The standard InChI is InChI=1S/C26H25N3O3S2/c1-28-25(20-9-15-24(16-10-20)34(30,31)29-17-5-6-18-29)19-33-26(28)27-21-11-13-23(14-12-21)32-22-7-3-2-4-8-22/h2-4,7-16,19H,5-6,17-18H2,1H3. The van der Waals surface area contributed by atoms with E-state index in [4.69, 9.17) is 9.73 Å². The van der Waals surface area contributed by atoms with Crippen LogP contribution in [0.2, 0.25) is 0 Å². The highest BCUT2D eigenvalue weighted by molar-refractivity contribution is 7.89. The Kier molecular flexibility index (Phi) is 6.36. The van der Waals surface area contributed by atoms with Gasteiger partial charge in [-0.1, -0.05) is 30.3 Å². The Morgan fingerprint density at radius 1 is 0.853 bits per heavy atom. The quantitative estimate of drug-likeness (QED) is 0.355. The lowest BCUT2D eigenvalue weighted by atomic mass is 10.2. The van der Waals surface area contributed by atoms with Crippen LogP contribution in [-0.4, -0.2) is 30.4 Å². The summed E-state index contributed by atoms with van der Waals surface area (Å²) in [7, 11) is -1.44. The smallest absolute Gasteiger partial charge is 0.243 e. The second-order valence-corrected chi connectivity index (χ2v) is 10.9. The number of para-hydroxylation sites is 1. The van der Waals surface area contributed by atoms with E-state index in [-0.39, 0.29) is 0 Å². The molecule has 1 aliphatic rings. The molecule has 0 aliphatic carbocycles. The topological polar surface area (TPSA) is 63.9 Å². The lowest BCUT2D eigenvalue weighted by Gasteiger charge is -2.15. The Hall–Kier alpha value is -3.20. The zero-order chi connectivity index (χ0) is 23.5. The highest BCUT2D eigenvalue weighted by atomic mass is 32.2. The Balaban J connectivity index is 1.35. The molecule has 0 bridgehead atoms. The molecule has 0 N–H and O–H groups in total. The summed E-state index contributed by atoms with van der Waals surface area (Å²) in [6.45, 7) is 1.21. The SMILES string of the molecule is Cn1c(-c2ccc(S(=O)(=O)N3CCCC3)cc2)csc1=Nc1ccc(Oc2ccccc2)cc1. The first kappa shape index (κ1) is 22.6. The summed E-state index contributed by atoms with van der Waals surface area (Å²) in [6.07, 6.45) is 1.86. The summed E-state index contributed by atoms with van der Waals surface area (Å²) in [5.74, 6) is 1.55. The maximum Gasteiger partial charge on any atom is 0.243 e. The first-order valence-electron chi connectivity index (χ1n) is 11.1. The summed E-state index contributed by atoms with van der Waals surface area (Å²) in [5.41, 5.74) is 2.77. The molecular formula is C26H25N3O3S2. The molecule has 3 aromatic carbocycles. The fraction of sp³-hybridized carbons (Fsp3) is 0.192. The van der Waals surface area contributed by atoms with Gasteiger partial charge in [0.1, 0.15) is 11.5 Å².